The van der Waals surface area contributed by atoms with Crippen LogP contribution in [0.3, 0.4) is 0 Å². The van der Waals surface area contributed by atoms with E-state index in [-0.39, 0.29) is 18.2 Å². The average molecular weight is 317 g/mol. The Morgan fingerprint density at radius 1 is 1.41 bits per heavy atom. The lowest BCUT2D eigenvalue weighted by atomic mass is 9.96. The highest BCUT2D eigenvalue weighted by Crippen LogP contribution is 2.27. The van der Waals surface area contributed by atoms with Crippen molar-refractivity contribution >= 4 is 28.3 Å². The minimum atomic E-state index is -0.444. The van der Waals surface area contributed by atoms with E-state index in [0.29, 0.717) is 23.9 Å². The minimum Gasteiger partial charge on any atom is -0.492 e. The van der Waals surface area contributed by atoms with Crippen LogP contribution < -0.4 is 15.8 Å². The highest BCUT2D eigenvalue weighted by atomic mass is 32.1. The first-order chi connectivity index (χ1) is 10.6. The number of aromatic nitrogens is 1. The van der Waals surface area contributed by atoms with Crippen molar-refractivity contribution in [3.05, 3.63) is 40.9 Å². The van der Waals surface area contributed by atoms with Gasteiger partial charge in [0.2, 0.25) is 11.8 Å². The summed E-state index contributed by atoms with van der Waals surface area (Å²) in [7, 11) is 0. The van der Waals surface area contributed by atoms with Crippen molar-refractivity contribution in [2.45, 2.75) is 12.8 Å². The number of primary amides is 1. The van der Waals surface area contributed by atoms with Crippen molar-refractivity contribution in [2.24, 2.45) is 11.7 Å². The molecule has 2 heterocycles. The van der Waals surface area contributed by atoms with Crippen LogP contribution in [0.5, 0.6) is 5.75 Å². The first-order valence-electron chi connectivity index (χ1n) is 6.86. The number of ether oxygens (including phenoxy) is 1. The first kappa shape index (κ1) is 14.5. The molecule has 114 valence electrons. The van der Waals surface area contributed by atoms with Gasteiger partial charge in [-0.3, -0.25) is 9.59 Å². The molecule has 0 radical (unpaired) electrons. The molecule has 3 rings (SSSR count). The molecule has 2 aromatic rings. The Labute approximate surface area is 131 Å². The number of thiazole rings is 1. The average Bonchev–Trinajstić information content (AvgIpc) is 2.93. The van der Waals surface area contributed by atoms with Crippen LogP contribution in [0.4, 0.5) is 5.13 Å². The molecule has 1 aromatic carbocycles. The molecular formula is C15H15N3O3S. The molecule has 3 N–H and O–H groups in total. The Kier molecular flexibility index (Phi) is 4.06. The van der Waals surface area contributed by atoms with Gasteiger partial charge in [-0.15, -0.1) is 11.3 Å². The third-order valence-corrected chi connectivity index (χ3v) is 4.19. The first-order valence-corrected chi connectivity index (χ1v) is 7.74. The van der Waals surface area contributed by atoms with Gasteiger partial charge in [-0.2, -0.15) is 0 Å². The van der Waals surface area contributed by atoms with Crippen LogP contribution in [0.1, 0.15) is 11.3 Å². The molecule has 1 unspecified atom stereocenters. The van der Waals surface area contributed by atoms with Crippen LogP contribution in [0.15, 0.2) is 29.6 Å². The summed E-state index contributed by atoms with van der Waals surface area (Å²) in [6.07, 6.45) is 0.716. The van der Waals surface area contributed by atoms with Gasteiger partial charge in [0, 0.05) is 5.38 Å². The fourth-order valence-corrected chi connectivity index (χ4v) is 3.04. The second-order valence-corrected chi connectivity index (χ2v) is 5.95. The van der Waals surface area contributed by atoms with E-state index in [4.69, 9.17) is 10.5 Å². The molecule has 0 spiro atoms. The lowest BCUT2D eigenvalue weighted by Crippen LogP contribution is -2.32. The van der Waals surface area contributed by atoms with Crippen molar-refractivity contribution in [3.63, 3.8) is 0 Å². The summed E-state index contributed by atoms with van der Waals surface area (Å²) in [5.74, 6) is 0.0119. The van der Waals surface area contributed by atoms with Gasteiger partial charge in [-0.1, -0.05) is 18.2 Å². The molecule has 7 heteroatoms. The summed E-state index contributed by atoms with van der Waals surface area (Å²) in [4.78, 5) is 27.3. The number of para-hydroxylation sites is 1. The van der Waals surface area contributed by atoms with Gasteiger partial charge >= 0.3 is 0 Å². The predicted octanol–water partition coefficient (Wildman–Crippen LogP) is 1.36. The Hall–Kier alpha value is -2.41. The molecule has 0 saturated carbocycles. The molecule has 6 nitrogen and oxygen atoms in total. The highest BCUT2D eigenvalue weighted by Gasteiger charge is 2.26. The maximum Gasteiger partial charge on any atom is 0.233 e. The predicted molar refractivity (Wildman–Crippen MR) is 82.8 cm³/mol. The van der Waals surface area contributed by atoms with E-state index in [9.17, 15) is 9.59 Å². The van der Waals surface area contributed by atoms with Crippen molar-refractivity contribution in [3.8, 4) is 5.75 Å². The number of hydrogen-bond acceptors (Lipinski definition) is 5. The van der Waals surface area contributed by atoms with Gasteiger partial charge in [0.1, 0.15) is 12.4 Å². The molecule has 1 aromatic heterocycles. The zero-order chi connectivity index (χ0) is 15.5. The minimum absolute atomic E-state index is 0.0757. The Balaban J connectivity index is 1.63. The van der Waals surface area contributed by atoms with Crippen molar-refractivity contribution in [1.29, 1.82) is 0 Å². The molecule has 0 fully saturated rings. The fraction of sp³-hybridized carbons (Fsp3) is 0.267. The number of anilines is 1. The van der Waals surface area contributed by atoms with E-state index in [1.54, 1.807) is 5.38 Å². The SMILES string of the molecule is NC(=O)Cc1csc(NC(=O)C2COc3ccccc3C2)n1. The molecule has 22 heavy (non-hydrogen) atoms. The van der Waals surface area contributed by atoms with Gasteiger partial charge in [0.25, 0.3) is 0 Å². The van der Waals surface area contributed by atoms with Crippen LogP contribution in [0.2, 0.25) is 0 Å². The topological polar surface area (TPSA) is 94.3 Å². The normalized spacial score (nSPS) is 16.5. The molecule has 1 atom stereocenters. The largest absolute Gasteiger partial charge is 0.492 e. The number of rotatable bonds is 4. The summed E-state index contributed by atoms with van der Waals surface area (Å²) < 4.78 is 5.61. The lowest BCUT2D eigenvalue weighted by molar-refractivity contribution is -0.121. The molecule has 0 aliphatic carbocycles. The lowest BCUT2D eigenvalue weighted by Gasteiger charge is -2.24. The van der Waals surface area contributed by atoms with Gasteiger partial charge in [0.15, 0.2) is 5.13 Å². The van der Waals surface area contributed by atoms with Gasteiger partial charge in [0.05, 0.1) is 18.0 Å². The van der Waals surface area contributed by atoms with E-state index >= 15 is 0 Å². The van der Waals surface area contributed by atoms with E-state index in [1.165, 1.54) is 11.3 Å². The van der Waals surface area contributed by atoms with Crippen LogP contribution in [-0.2, 0) is 22.4 Å². The molecule has 1 aliphatic rings. The van der Waals surface area contributed by atoms with Crippen LogP contribution in [0.25, 0.3) is 0 Å². The third kappa shape index (κ3) is 3.25. The van der Waals surface area contributed by atoms with Crippen molar-refractivity contribution in [2.75, 3.05) is 11.9 Å². The van der Waals surface area contributed by atoms with E-state index in [2.05, 4.69) is 10.3 Å². The highest BCUT2D eigenvalue weighted by molar-refractivity contribution is 7.13. The van der Waals surface area contributed by atoms with Gasteiger partial charge in [-0.05, 0) is 18.1 Å². The number of benzene rings is 1. The van der Waals surface area contributed by atoms with Crippen molar-refractivity contribution in [1.82, 2.24) is 4.98 Å². The number of nitrogens with zero attached hydrogens (tertiary/aromatic N) is 1. The zero-order valence-electron chi connectivity index (χ0n) is 11.7. The molecular weight excluding hydrogens is 302 g/mol. The van der Waals surface area contributed by atoms with Crippen molar-refractivity contribution < 1.29 is 14.3 Å². The molecule has 0 saturated heterocycles. The molecule has 0 bridgehead atoms. The van der Waals surface area contributed by atoms with Crippen LogP contribution in [0, 0.1) is 5.92 Å². The van der Waals surface area contributed by atoms with E-state index < -0.39 is 5.91 Å². The second kappa shape index (κ2) is 6.15. The van der Waals surface area contributed by atoms with E-state index in [1.807, 2.05) is 24.3 Å². The monoisotopic (exact) mass is 317 g/mol. The number of hydrogen-bond donors (Lipinski definition) is 2. The number of nitrogens with one attached hydrogen (secondary N) is 1. The third-order valence-electron chi connectivity index (χ3n) is 3.39. The molecule has 2 amide bonds. The number of carbonyl (C=O) groups excluding carboxylic acids is 2. The Morgan fingerprint density at radius 2 is 2.23 bits per heavy atom. The summed E-state index contributed by atoms with van der Waals surface area (Å²) in [5, 5.41) is 4.96. The summed E-state index contributed by atoms with van der Waals surface area (Å²) in [6, 6.07) is 7.71. The van der Waals surface area contributed by atoms with E-state index in [0.717, 1.165) is 11.3 Å². The number of fused-ring (bicyclic) bond motifs is 1. The van der Waals surface area contributed by atoms with Gasteiger partial charge < -0.3 is 15.8 Å². The second-order valence-electron chi connectivity index (χ2n) is 5.10. The van der Waals surface area contributed by atoms with Gasteiger partial charge in [-0.25, -0.2) is 4.98 Å². The number of nitrogens with two attached hydrogens (primary N) is 1. The summed E-state index contributed by atoms with van der Waals surface area (Å²) in [6.45, 7) is 0.350. The molecule has 1 aliphatic heterocycles. The Morgan fingerprint density at radius 3 is 3.05 bits per heavy atom. The Bertz CT molecular complexity index is 714. The maximum absolute atomic E-state index is 12.3. The smallest absolute Gasteiger partial charge is 0.233 e. The number of carbonyl (C=O) groups is 2. The maximum atomic E-state index is 12.3. The van der Waals surface area contributed by atoms with Crippen LogP contribution >= 0.6 is 11.3 Å². The summed E-state index contributed by atoms with van der Waals surface area (Å²) in [5.41, 5.74) is 6.72. The standard InChI is InChI=1S/C15H15N3O3S/c16-13(19)6-11-8-22-15(17-11)18-14(20)10-5-9-3-1-2-4-12(9)21-7-10/h1-4,8,10H,5-7H2,(H2,16,19)(H,17,18,20). The fourth-order valence-electron chi connectivity index (χ4n) is 2.33. The zero-order valence-corrected chi connectivity index (χ0v) is 12.6. The summed E-state index contributed by atoms with van der Waals surface area (Å²) >= 11 is 1.28. The number of amides is 2. The van der Waals surface area contributed by atoms with Crippen LogP contribution in [-0.4, -0.2) is 23.4 Å². The quantitative estimate of drug-likeness (QED) is 0.890.